The number of hydrazine groups is 1. The van der Waals surface area contributed by atoms with Crippen LogP contribution in [0.4, 0.5) is 0 Å². The van der Waals surface area contributed by atoms with E-state index in [-0.39, 0.29) is 36.2 Å². The zero-order chi connectivity index (χ0) is 18.6. The van der Waals surface area contributed by atoms with Gasteiger partial charge in [-0.1, -0.05) is 19.9 Å². The third kappa shape index (κ3) is 2.69. The molecular formula is C20H24N2O4. The summed E-state index contributed by atoms with van der Waals surface area (Å²) in [6.07, 6.45) is 1.49. The summed E-state index contributed by atoms with van der Waals surface area (Å²) < 4.78 is 10.9. The van der Waals surface area contributed by atoms with Crippen LogP contribution in [0.1, 0.15) is 44.6 Å². The molecule has 4 rings (SSSR count). The first-order valence-electron chi connectivity index (χ1n) is 8.93. The lowest BCUT2D eigenvalue weighted by atomic mass is 9.69. The number of ketones is 1. The molecule has 0 N–H and O–H groups in total. The first-order chi connectivity index (χ1) is 12.3. The fourth-order valence-corrected chi connectivity index (χ4v) is 4.28. The molecule has 0 radical (unpaired) electrons. The minimum absolute atomic E-state index is 0.0157. The number of amides is 1. The topological polar surface area (TPSA) is 59.1 Å². The summed E-state index contributed by atoms with van der Waals surface area (Å²) in [6.45, 7) is 4.37. The Kier molecular flexibility index (Phi) is 3.84. The van der Waals surface area contributed by atoms with Gasteiger partial charge >= 0.3 is 0 Å². The molecule has 2 heterocycles. The highest BCUT2D eigenvalue weighted by Crippen LogP contribution is 2.48. The Morgan fingerprint density at radius 3 is 2.58 bits per heavy atom. The summed E-state index contributed by atoms with van der Waals surface area (Å²) in [5.41, 5.74) is 2.40. The number of hydrogen-bond acceptors (Lipinski definition) is 5. The van der Waals surface area contributed by atoms with Gasteiger partial charge in [0.15, 0.2) is 17.3 Å². The zero-order valence-corrected chi connectivity index (χ0v) is 15.7. The normalized spacial score (nSPS) is 24.3. The summed E-state index contributed by atoms with van der Waals surface area (Å²) in [4.78, 5) is 26.0. The van der Waals surface area contributed by atoms with Gasteiger partial charge in [0.1, 0.15) is 0 Å². The van der Waals surface area contributed by atoms with Crippen LogP contribution in [0.2, 0.25) is 0 Å². The Hall–Kier alpha value is -2.34. The van der Waals surface area contributed by atoms with Crippen LogP contribution in [0.25, 0.3) is 0 Å². The Labute approximate surface area is 153 Å². The molecule has 26 heavy (non-hydrogen) atoms. The van der Waals surface area contributed by atoms with Gasteiger partial charge < -0.3 is 9.47 Å². The highest BCUT2D eigenvalue weighted by atomic mass is 16.7. The minimum Gasteiger partial charge on any atom is -0.454 e. The predicted octanol–water partition coefficient (Wildman–Crippen LogP) is 2.85. The number of rotatable bonds is 2. The smallest absolute Gasteiger partial charge is 0.242 e. The van der Waals surface area contributed by atoms with Crippen LogP contribution in [0, 0.1) is 5.41 Å². The van der Waals surface area contributed by atoms with Crippen molar-refractivity contribution < 1.29 is 19.1 Å². The van der Waals surface area contributed by atoms with Crippen LogP contribution in [0.15, 0.2) is 29.5 Å². The maximum atomic E-state index is 13.1. The van der Waals surface area contributed by atoms with Crippen molar-refractivity contribution in [2.45, 2.75) is 39.0 Å². The van der Waals surface area contributed by atoms with Gasteiger partial charge in [0.05, 0.1) is 0 Å². The quantitative estimate of drug-likeness (QED) is 0.815. The van der Waals surface area contributed by atoms with E-state index in [4.69, 9.17) is 9.47 Å². The van der Waals surface area contributed by atoms with Crippen LogP contribution >= 0.6 is 0 Å². The maximum absolute atomic E-state index is 13.1. The number of carbonyl (C=O) groups is 2. The second-order valence-corrected chi connectivity index (χ2v) is 8.22. The molecule has 0 saturated carbocycles. The van der Waals surface area contributed by atoms with Gasteiger partial charge in [0.25, 0.3) is 0 Å². The molecular weight excluding hydrogens is 332 g/mol. The highest BCUT2D eigenvalue weighted by Gasteiger charge is 2.44. The summed E-state index contributed by atoms with van der Waals surface area (Å²) in [5.74, 6) is 1.30. The molecule has 1 atom stereocenters. The molecule has 6 heteroatoms. The van der Waals surface area contributed by atoms with E-state index in [1.54, 1.807) is 10.0 Å². The van der Waals surface area contributed by atoms with Crippen LogP contribution in [-0.4, -0.2) is 42.6 Å². The number of fused-ring (bicyclic) bond motifs is 1. The van der Waals surface area contributed by atoms with Crippen molar-refractivity contribution >= 4 is 11.7 Å². The Balaban J connectivity index is 1.84. The summed E-state index contributed by atoms with van der Waals surface area (Å²) in [7, 11) is 3.69. The Morgan fingerprint density at radius 2 is 1.85 bits per heavy atom. The van der Waals surface area contributed by atoms with Crippen LogP contribution in [0.5, 0.6) is 11.5 Å². The van der Waals surface area contributed by atoms with Crippen molar-refractivity contribution in [3.8, 4) is 11.5 Å². The van der Waals surface area contributed by atoms with E-state index in [1.165, 1.54) is 0 Å². The lowest BCUT2D eigenvalue weighted by Crippen LogP contribution is -2.49. The number of ether oxygens (including phenoxy) is 2. The molecule has 3 aliphatic rings. The number of nitrogens with zero attached hydrogens (tertiary/aromatic N) is 2. The first kappa shape index (κ1) is 17.1. The molecule has 0 bridgehead atoms. The summed E-state index contributed by atoms with van der Waals surface area (Å²) in [6, 6.07) is 5.70. The van der Waals surface area contributed by atoms with E-state index in [1.807, 2.05) is 32.3 Å². The van der Waals surface area contributed by atoms with E-state index < -0.39 is 0 Å². The molecule has 6 nitrogen and oxygen atoms in total. The fourth-order valence-electron chi connectivity index (χ4n) is 4.28. The molecule has 1 aliphatic carbocycles. The third-order valence-corrected chi connectivity index (χ3v) is 5.31. The highest BCUT2D eigenvalue weighted by molar-refractivity contribution is 6.02. The monoisotopic (exact) mass is 356 g/mol. The molecule has 1 aromatic rings. The number of benzene rings is 1. The lowest BCUT2D eigenvalue weighted by Gasteiger charge is -2.44. The average Bonchev–Trinajstić information content (AvgIpc) is 2.99. The number of hydrogen-bond donors (Lipinski definition) is 0. The molecule has 2 aliphatic heterocycles. The standard InChI is InChI=1S/C20H24N2O4/c1-20(2)9-14-19(15(23)10-20)13(8-18(24)22(14)21(3)4)12-5-6-16-17(7-12)26-11-25-16/h5-7,13H,8-11H2,1-4H3/t13-/m0/s1. The number of carbonyl (C=O) groups excluding carboxylic acids is 2. The van der Waals surface area contributed by atoms with Gasteiger partial charge in [-0.25, -0.2) is 10.0 Å². The minimum atomic E-state index is -0.230. The molecule has 0 saturated heterocycles. The predicted molar refractivity (Wildman–Crippen MR) is 95.5 cm³/mol. The molecule has 1 aromatic carbocycles. The maximum Gasteiger partial charge on any atom is 0.242 e. The van der Waals surface area contributed by atoms with E-state index in [0.29, 0.717) is 24.3 Å². The first-order valence-corrected chi connectivity index (χ1v) is 8.93. The second-order valence-electron chi connectivity index (χ2n) is 8.22. The van der Waals surface area contributed by atoms with Crippen LogP contribution in [-0.2, 0) is 9.59 Å². The SMILES string of the molecule is CN(C)N1C(=O)C[C@@H](c2ccc3c(c2)OCO3)C2=C1CC(C)(C)CC2=O. The Morgan fingerprint density at radius 1 is 1.12 bits per heavy atom. The van der Waals surface area contributed by atoms with Crippen molar-refractivity contribution in [2.24, 2.45) is 5.41 Å². The summed E-state index contributed by atoms with van der Waals surface area (Å²) >= 11 is 0. The van der Waals surface area contributed by atoms with Crippen molar-refractivity contribution in [3.05, 3.63) is 35.0 Å². The molecule has 0 aromatic heterocycles. The van der Waals surface area contributed by atoms with E-state index in [9.17, 15) is 9.59 Å². The number of Topliss-reactive ketones (excluding diaryl/α,β-unsaturated/α-hetero) is 1. The third-order valence-electron chi connectivity index (χ3n) is 5.31. The van der Waals surface area contributed by atoms with Crippen molar-refractivity contribution in [3.63, 3.8) is 0 Å². The zero-order valence-electron chi connectivity index (χ0n) is 15.7. The van der Waals surface area contributed by atoms with Gasteiger partial charge in [-0.05, 0) is 29.5 Å². The largest absolute Gasteiger partial charge is 0.454 e. The van der Waals surface area contributed by atoms with Gasteiger partial charge in [-0.2, -0.15) is 0 Å². The molecule has 0 spiro atoms. The Bertz CT molecular complexity index is 825. The van der Waals surface area contributed by atoms with Gasteiger partial charge in [-0.15, -0.1) is 0 Å². The van der Waals surface area contributed by atoms with Gasteiger partial charge in [0.2, 0.25) is 12.7 Å². The number of allylic oxidation sites excluding steroid dienone is 2. The van der Waals surface area contributed by atoms with E-state index >= 15 is 0 Å². The van der Waals surface area contributed by atoms with E-state index in [2.05, 4.69) is 13.8 Å². The van der Waals surface area contributed by atoms with Crippen molar-refractivity contribution in [2.75, 3.05) is 20.9 Å². The molecule has 1 amide bonds. The second kappa shape index (κ2) is 5.84. The fraction of sp³-hybridized carbons (Fsp3) is 0.500. The summed E-state index contributed by atoms with van der Waals surface area (Å²) in [5, 5.41) is 3.46. The van der Waals surface area contributed by atoms with Crippen molar-refractivity contribution in [1.29, 1.82) is 0 Å². The van der Waals surface area contributed by atoms with Gasteiger partial charge in [0, 0.05) is 44.1 Å². The lowest BCUT2D eigenvalue weighted by molar-refractivity contribution is -0.143. The molecule has 0 fully saturated rings. The van der Waals surface area contributed by atoms with E-state index in [0.717, 1.165) is 16.8 Å². The van der Waals surface area contributed by atoms with Crippen molar-refractivity contribution in [1.82, 2.24) is 10.0 Å². The van der Waals surface area contributed by atoms with Crippen LogP contribution in [0.3, 0.4) is 0 Å². The van der Waals surface area contributed by atoms with Crippen LogP contribution < -0.4 is 9.47 Å². The molecule has 138 valence electrons. The average molecular weight is 356 g/mol. The molecule has 0 unspecified atom stereocenters. The van der Waals surface area contributed by atoms with Gasteiger partial charge in [-0.3, -0.25) is 9.59 Å².